The van der Waals surface area contributed by atoms with E-state index in [2.05, 4.69) is 23.8 Å². The number of nitrogens with zero attached hydrogens (tertiary/aromatic N) is 3. The van der Waals surface area contributed by atoms with E-state index in [1.54, 1.807) is 20.1 Å². The number of benzene rings is 1. The van der Waals surface area contributed by atoms with E-state index in [-0.39, 0.29) is 17.2 Å². The average molecular weight is 412 g/mol. The zero-order chi connectivity index (χ0) is 21.3. The van der Waals surface area contributed by atoms with Crippen molar-refractivity contribution in [2.45, 2.75) is 46.7 Å². The minimum absolute atomic E-state index is 0.0599. The monoisotopic (exact) mass is 411 g/mol. The van der Waals surface area contributed by atoms with Crippen molar-refractivity contribution in [2.24, 2.45) is 4.99 Å². The first-order chi connectivity index (χ1) is 13.2. The molecule has 1 aromatic carbocycles. The number of aryl methyl sites for hydroxylation is 1. The van der Waals surface area contributed by atoms with Crippen molar-refractivity contribution in [3.8, 4) is 17.7 Å². The van der Waals surface area contributed by atoms with Gasteiger partial charge in [0, 0.05) is 6.21 Å². The highest BCUT2D eigenvalue weighted by molar-refractivity contribution is 6.31. The molecule has 8 heteroatoms. The molecule has 0 amide bonds. The zero-order valence-electron chi connectivity index (χ0n) is 16.1. The molecule has 0 N–H and O–H groups in total. The average Bonchev–Trinajstić information content (AvgIpc) is 2.64. The molecule has 0 spiro atoms. The largest absolute Gasteiger partial charge is 0.438 e. The lowest BCUT2D eigenvalue weighted by molar-refractivity contribution is -0.137. The van der Waals surface area contributed by atoms with Gasteiger partial charge in [0.2, 0.25) is 5.88 Å². The van der Waals surface area contributed by atoms with Crippen LogP contribution in [0.1, 0.15) is 50.4 Å². The summed E-state index contributed by atoms with van der Waals surface area (Å²) in [7, 11) is 0. The van der Waals surface area contributed by atoms with E-state index in [4.69, 9.17) is 16.3 Å². The van der Waals surface area contributed by atoms with E-state index in [9.17, 15) is 18.4 Å². The first-order valence-corrected chi connectivity index (χ1v) is 9.00. The number of alkyl halides is 3. The number of unbranched alkanes of at least 4 members (excludes halogenated alkanes) is 1. The van der Waals surface area contributed by atoms with Gasteiger partial charge in [-0.2, -0.15) is 18.4 Å². The Kier molecular flexibility index (Phi) is 8.93. The lowest BCUT2D eigenvalue weighted by Crippen LogP contribution is -2.06. The summed E-state index contributed by atoms with van der Waals surface area (Å²) in [4.78, 5) is 8.16. The van der Waals surface area contributed by atoms with E-state index in [1.807, 2.05) is 6.07 Å². The normalized spacial score (nSPS) is 11.0. The van der Waals surface area contributed by atoms with Crippen LogP contribution in [0.25, 0.3) is 0 Å². The number of halogens is 4. The lowest BCUT2D eigenvalue weighted by atomic mass is 10.2. The van der Waals surface area contributed by atoms with Gasteiger partial charge in [-0.15, -0.1) is 0 Å². The molecule has 0 unspecified atom stereocenters. The maximum absolute atomic E-state index is 12.9. The van der Waals surface area contributed by atoms with Crippen molar-refractivity contribution in [3.63, 3.8) is 0 Å². The molecule has 0 radical (unpaired) electrons. The molecule has 2 aromatic rings. The van der Waals surface area contributed by atoms with Crippen molar-refractivity contribution >= 4 is 23.5 Å². The number of hydrogen-bond donors (Lipinski definition) is 0. The highest BCUT2D eigenvalue weighted by atomic mass is 35.5. The van der Waals surface area contributed by atoms with Crippen LogP contribution in [0.4, 0.5) is 18.9 Å². The fourth-order valence-electron chi connectivity index (χ4n) is 1.90. The van der Waals surface area contributed by atoms with Crippen LogP contribution in [0.3, 0.4) is 0 Å². The molecule has 150 valence electrons. The molecule has 0 bridgehead atoms. The van der Waals surface area contributed by atoms with Crippen LogP contribution < -0.4 is 4.74 Å². The van der Waals surface area contributed by atoms with Gasteiger partial charge >= 0.3 is 6.18 Å². The van der Waals surface area contributed by atoms with Gasteiger partial charge in [0.05, 0.1) is 22.0 Å². The van der Waals surface area contributed by atoms with Crippen LogP contribution in [0.2, 0.25) is 5.02 Å². The van der Waals surface area contributed by atoms with Gasteiger partial charge in [-0.05, 0) is 38.1 Å². The van der Waals surface area contributed by atoms with E-state index in [1.165, 1.54) is 25.0 Å². The molecular weight excluding hydrogens is 391 g/mol. The minimum atomic E-state index is -4.61. The number of hydrogen-bond acceptors (Lipinski definition) is 4. The van der Waals surface area contributed by atoms with Crippen molar-refractivity contribution in [1.29, 1.82) is 5.26 Å². The van der Waals surface area contributed by atoms with Gasteiger partial charge < -0.3 is 4.74 Å². The molecule has 0 aliphatic heterocycles. The number of aliphatic imine (C=N–C) groups is 1. The topological polar surface area (TPSA) is 58.3 Å². The van der Waals surface area contributed by atoms with E-state index in [0.29, 0.717) is 11.4 Å². The second kappa shape index (κ2) is 10.7. The highest BCUT2D eigenvalue weighted by Gasteiger charge is 2.33. The summed E-state index contributed by atoms with van der Waals surface area (Å²) in [6.45, 7) is 7.72. The van der Waals surface area contributed by atoms with Crippen LogP contribution in [-0.2, 0) is 6.18 Å². The van der Waals surface area contributed by atoms with Gasteiger partial charge in [-0.1, -0.05) is 38.3 Å². The van der Waals surface area contributed by atoms with Crippen LogP contribution in [0.15, 0.2) is 29.3 Å². The van der Waals surface area contributed by atoms with E-state index in [0.717, 1.165) is 12.1 Å². The Morgan fingerprint density at radius 2 is 1.89 bits per heavy atom. The molecule has 2 rings (SSSR count). The Morgan fingerprint density at radius 1 is 1.25 bits per heavy atom. The van der Waals surface area contributed by atoms with Crippen molar-refractivity contribution in [2.75, 3.05) is 0 Å². The van der Waals surface area contributed by atoms with Gasteiger partial charge in [0.15, 0.2) is 0 Å². The third-order valence-corrected chi connectivity index (χ3v) is 3.83. The fourth-order valence-corrected chi connectivity index (χ4v) is 2.12. The summed E-state index contributed by atoms with van der Waals surface area (Å²) in [5.74, 6) is -0.220. The molecule has 0 saturated carbocycles. The molecule has 0 aliphatic carbocycles. The number of aromatic nitrogens is 1. The molecular formula is C20H21ClF3N3O. The second-order valence-electron chi connectivity index (χ2n) is 5.69. The number of ether oxygens (including phenoxy) is 1. The summed E-state index contributed by atoms with van der Waals surface area (Å²) in [5, 5.41) is 8.75. The van der Waals surface area contributed by atoms with Crippen LogP contribution in [-0.4, -0.2) is 11.2 Å². The Morgan fingerprint density at radius 3 is 2.39 bits per heavy atom. The lowest BCUT2D eigenvalue weighted by Gasteiger charge is -2.12. The number of rotatable bonds is 4. The summed E-state index contributed by atoms with van der Waals surface area (Å²) in [6.07, 6.45) is -0.432. The van der Waals surface area contributed by atoms with Crippen molar-refractivity contribution < 1.29 is 17.9 Å². The predicted molar refractivity (Wildman–Crippen MR) is 105 cm³/mol. The Balaban J connectivity index is 0.000000892. The summed E-state index contributed by atoms with van der Waals surface area (Å²) in [5.41, 5.74) is -0.00518. The maximum Gasteiger partial charge on any atom is 0.417 e. The first kappa shape index (κ1) is 23.4. The predicted octanol–water partition coefficient (Wildman–Crippen LogP) is 7.25. The first-order valence-electron chi connectivity index (χ1n) is 8.62. The molecule has 1 aromatic heterocycles. The van der Waals surface area contributed by atoms with Gasteiger partial charge in [0.1, 0.15) is 17.4 Å². The van der Waals surface area contributed by atoms with Crippen LogP contribution in [0.5, 0.6) is 11.6 Å². The van der Waals surface area contributed by atoms with Gasteiger partial charge in [-0.3, -0.25) is 4.99 Å². The van der Waals surface area contributed by atoms with E-state index < -0.39 is 16.8 Å². The van der Waals surface area contributed by atoms with E-state index >= 15 is 0 Å². The molecule has 4 nitrogen and oxygen atoms in total. The number of nitriles is 1. The molecule has 0 atom stereocenters. The Bertz CT molecular complexity index is 872. The second-order valence-corrected chi connectivity index (χ2v) is 6.09. The van der Waals surface area contributed by atoms with Crippen LogP contribution >= 0.6 is 11.6 Å². The molecule has 28 heavy (non-hydrogen) atoms. The summed E-state index contributed by atoms with van der Waals surface area (Å²) in [6, 6.07) is 6.46. The van der Waals surface area contributed by atoms with Gasteiger partial charge in [-0.25, -0.2) is 4.98 Å². The molecule has 0 aliphatic rings. The molecule has 0 fully saturated rings. The zero-order valence-corrected chi connectivity index (χ0v) is 16.8. The summed E-state index contributed by atoms with van der Waals surface area (Å²) >= 11 is 5.56. The highest BCUT2D eigenvalue weighted by Crippen LogP contribution is 2.38. The maximum atomic E-state index is 12.9. The third kappa shape index (κ3) is 6.54. The standard InChI is InChI=1S/C16H11ClF3N3O.C4H10/c1-3-22-14-6-10(8-21)15(23-9(14)2)24-11-4-5-13(17)12(7-11)16(18,19)20;1-3-4-2/h3-7H,1-2H3;3-4H2,1-2H3. The Hall–Kier alpha value is -2.59. The molecule has 1 heterocycles. The smallest absolute Gasteiger partial charge is 0.417 e. The van der Waals surface area contributed by atoms with Crippen LogP contribution in [0, 0.1) is 18.3 Å². The van der Waals surface area contributed by atoms with Gasteiger partial charge in [0.25, 0.3) is 0 Å². The quantitative estimate of drug-likeness (QED) is 0.497. The fraction of sp³-hybridized carbons (Fsp3) is 0.350. The third-order valence-electron chi connectivity index (χ3n) is 3.50. The van der Waals surface area contributed by atoms with Crippen molar-refractivity contribution in [3.05, 3.63) is 46.1 Å². The summed E-state index contributed by atoms with van der Waals surface area (Å²) < 4.78 is 44.0. The minimum Gasteiger partial charge on any atom is -0.438 e. The SMILES string of the molecule is CC=Nc1cc(C#N)c(Oc2ccc(Cl)c(C(F)(F)F)c2)nc1C.CCCC. The van der Waals surface area contributed by atoms with Crippen molar-refractivity contribution in [1.82, 2.24) is 4.98 Å². The Labute approximate surface area is 167 Å². The number of pyridine rings is 1. The molecule has 0 saturated heterocycles.